The molecule has 3 aliphatic rings. The highest BCUT2D eigenvalue weighted by atomic mass is 32.2. The summed E-state index contributed by atoms with van der Waals surface area (Å²) in [6, 6.07) is 5.67. The Morgan fingerprint density at radius 3 is 2.55 bits per heavy atom. The molecule has 3 aliphatic heterocycles. The van der Waals surface area contributed by atoms with Crippen molar-refractivity contribution in [3.05, 3.63) is 58.0 Å². The number of rotatable bonds is 6. The molecule has 0 aromatic heterocycles. The van der Waals surface area contributed by atoms with E-state index in [1.165, 1.54) is 24.9 Å². The van der Waals surface area contributed by atoms with E-state index in [4.69, 9.17) is 4.74 Å². The van der Waals surface area contributed by atoms with Gasteiger partial charge in [0.2, 0.25) is 5.91 Å². The smallest absolute Gasteiger partial charge is 0.338 e. The number of piperazine rings is 1. The summed E-state index contributed by atoms with van der Waals surface area (Å²) < 4.78 is 20.1. The Kier molecular flexibility index (Phi) is 7.19. The number of carbonyl (C=O) groups is 2. The maximum absolute atomic E-state index is 15.0. The lowest BCUT2D eigenvalue weighted by Crippen LogP contribution is -2.49. The number of fused-ring (bicyclic) bond motifs is 1. The van der Waals surface area contributed by atoms with E-state index < -0.39 is 17.8 Å². The zero-order valence-corrected chi connectivity index (χ0v) is 20.0. The normalized spacial score (nSPS) is 21.0. The number of methoxy groups -OCH3 is 1. The quantitative estimate of drug-likeness (QED) is 0.591. The highest BCUT2D eigenvalue weighted by Crippen LogP contribution is 2.46. The van der Waals surface area contributed by atoms with Gasteiger partial charge in [-0.1, -0.05) is 43.8 Å². The Morgan fingerprint density at radius 2 is 1.91 bits per heavy atom. The number of carbonyl (C=O) groups excluding carboxylic acids is 2. The molecule has 33 heavy (non-hydrogen) atoms. The Labute approximate surface area is 198 Å². The first kappa shape index (κ1) is 23.5. The lowest BCUT2D eigenvalue weighted by molar-refractivity contribution is -0.136. The number of halogens is 1. The molecule has 0 aliphatic carbocycles. The molecule has 176 valence electrons. The van der Waals surface area contributed by atoms with Crippen LogP contribution in [0.3, 0.4) is 0 Å². The second-order valence-corrected chi connectivity index (χ2v) is 8.95. The summed E-state index contributed by atoms with van der Waals surface area (Å²) in [5.74, 6) is -0.934. The van der Waals surface area contributed by atoms with Crippen LogP contribution in [0.15, 0.2) is 51.6 Å². The Balaban J connectivity index is 1.67. The minimum Gasteiger partial charge on any atom is -0.466 e. The van der Waals surface area contributed by atoms with Gasteiger partial charge in [0.15, 0.2) is 5.17 Å². The number of amidine groups is 1. The van der Waals surface area contributed by atoms with Crippen molar-refractivity contribution in [3.63, 3.8) is 0 Å². The van der Waals surface area contributed by atoms with Crippen LogP contribution in [0.5, 0.6) is 0 Å². The summed E-state index contributed by atoms with van der Waals surface area (Å²) >= 11 is 1.40. The van der Waals surface area contributed by atoms with Crippen LogP contribution >= 0.6 is 11.8 Å². The van der Waals surface area contributed by atoms with Crippen LogP contribution in [0.2, 0.25) is 0 Å². The number of likely N-dealkylation sites (N-methyl/N-ethyl adjacent to an activating group) is 1. The van der Waals surface area contributed by atoms with E-state index >= 15 is 4.39 Å². The van der Waals surface area contributed by atoms with E-state index in [2.05, 4.69) is 16.8 Å². The highest BCUT2D eigenvalue weighted by Gasteiger charge is 2.42. The molecular formula is C24H29FN4O3S. The molecule has 9 heteroatoms. The van der Waals surface area contributed by atoms with Gasteiger partial charge >= 0.3 is 5.97 Å². The third kappa shape index (κ3) is 4.56. The Morgan fingerprint density at radius 1 is 1.18 bits per heavy atom. The van der Waals surface area contributed by atoms with Crippen LogP contribution in [0.4, 0.5) is 4.39 Å². The maximum Gasteiger partial charge on any atom is 0.338 e. The number of benzene rings is 1. The highest BCUT2D eigenvalue weighted by molar-refractivity contribution is 8.16. The van der Waals surface area contributed by atoms with Gasteiger partial charge in [-0.05, 0) is 24.4 Å². The third-order valence-electron chi connectivity index (χ3n) is 6.33. The summed E-state index contributed by atoms with van der Waals surface area (Å²) in [5, 5.41) is 2.53. The maximum atomic E-state index is 15.0. The van der Waals surface area contributed by atoms with E-state index in [1.807, 2.05) is 22.1 Å². The van der Waals surface area contributed by atoms with E-state index in [9.17, 15) is 9.59 Å². The topological polar surface area (TPSA) is 65.5 Å². The fraction of sp³-hybridized carbons (Fsp3) is 0.458. The van der Waals surface area contributed by atoms with E-state index in [1.54, 1.807) is 18.2 Å². The lowest BCUT2D eigenvalue weighted by atomic mass is 9.92. The summed E-state index contributed by atoms with van der Waals surface area (Å²) in [6.45, 7) is 8.11. The molecular weight excluding hydrogens is 443 g/mol. The van der Waals surface area contributed by atoms with Gasteiger partial charge in [0.25, 0.3) is 0 Å². The second kappa shape index (κ2) is 10.1. The van der Waals surface area contributed by atoms with Gasteiger partial charge in [0.1, 0.15) is 5.82 Å². The van der Waals surface area contributed by atoms with Crippen molar-refractivity contribution in [1.29, 1.82) is 0 Å². The lowest BCUT2D eigenvalue weighted by Gasteiger charge is -2.38. The van der Waals surface area contributed by atoms with Crippen molar-refractivity contribution >= 4 is 28.8 Å². The SMILES string of the molecule is CCC1=C(C(=O)OC)[C@H](c2ccccc2F)N2C(CC(=O)N3CCN(CC)CC3)=CSC2=N1. The molecule has 1 saturated heterocycles. The van der Waals surface area contributed by atoms with Crippen molar-refractivity contribution < 1.29 is 18.7 Å². The summed E-state index contributed by atoms with van der Waals surface area (Å²) in [5.41, 5.74) is 1.96. The fourth-order valence-corrected chi connectivity index (χ4v) is 5.42. The van der Waals surface area contributed by atoms with Gasteiger partial charge in [-0.15, -0.1) is 0 Å². The molecule has 1 aromatic rings. The van der Waals surface area contributed by atoms with Crippen LogP contribution < -0.4 is 0 Å². The number of thioether (sulfide) groups is 1. The zero-order valence-electron chi connectivity index (χ0n) is 19.2. The minimum absolute atomic E-state index is 0.0241. The van der Waals surface area contributed by atoms with Crippen LogP contribution in [-0.2, 0) is 14.3 Å². The number of esters is 1. The van der Waals surface area contributed by atoms with Crippen LogP contribution in [0.1, 0.15) is 38.3 Å². The van der Waals surface area contributed by atoms with Crippen LogP contribution in [-0.4, -0.2) is 71.6 Å². The number of amides is 1. The molecule has 0 unspecified atom stereocenters. The van der Waals surface area contributed by atoms with Gasteiger partial charge in [0.05, 0.1) is 30.8 Å². The standard InChI is InChI=1S/C24H29FN4O3S/c1-4-19-21(23(31)32-3)22(17-8-6-7-9-18(17)25)29-16(15-33-24(29)26-19)14-20(30)28-12-10-27(5-2)11-13-28/h6-9,15,22H,4-5,10-14H2,1-3H3/t22-/m0/s1. The molecule has 1 fully saturated rings. The summed E-state index contributed by atoms with van der Waals surface area (Å²) in [7, 11) is 1.31. The third-order valence-corrected chi connectivity index (χ3v) is 7.22. The monoisotopic (exact) mass is 472 g/mol. The zero-order chi connectivity index (χ0) is 23.5. The van der Waals surface area contributed by atoms with Crippen LogP contribution in [0.25, 0.3) is 0 Å². The molecule has 1 aromatic carbocycles. The summed E-state index contributed by atoms with van der Waals surface area (Å²) in [6.07, 6.45) is 0.669. The molecule has 0 saturated carbocycles. The fourth-order valence-electron chi connectivity index (χ4n) is 4.48. The van der Waals surface area contributed by atoms with Crippen molar-refractivity contribution in [2.24, 2.45) is 4.99 Å². The van der Waals surface area contributed by atoms with Gasteiger partial charge in [0, 0.05) is 37.4 Å². The van der Waals surface area contributed by atoms with Crippen molar-refractivity contribution in [3.8, 4) is 0 Å². The Hall–Kier alpha value is -2.65. The van der Waals surface area contributed by atoms with Gasteiger partial charge in [-0.25, -0.2) is 14.2 Å². The average Bonchev–Trinajstić information content (AvgIpc) is 3.25. The first-order valence-electron chi connectivity index (χ1n) is 11.3. The van der Waals surface area contributed by atoms with Gasteiger partial charge in [-0.3, -0.25) is 4.79 Å². The Bertz CT molecular complexity index is 1030. The number of aliphatic imine (C=N–C) groups is 1. The minimum atomic E-state index is -0.743. The molecule has 4 rings (SSSR count). The average molecular weight is 473 g/mol. The molecule has 0 radical (unpaired) electrons. The van der Waals surface area contributed by atoms with E-state index in [0.29, 0.717) is 47.2 Å². The first-order valence-corrected chi connectivity index (χ1v) is 12.2. The molecule has 1 atom stereocenters. The predicted octanol–water partition coefficient (Wildman–Crippen LogP) is 3.52. The van der Waals surface area contributed by atoms with Crippen LogP contribution in [0, 0.1) is 5.82 Å². The first-order chi connectivity index (χ1) is 16.0. The van der Waals surface area contributed by atoms with Gasteiger partial charge < -0.3 is 19.4 Å². The molecule has 0 spiro atoms. The second-order valence-electron chi connectivity index (χ2n) is 8.11. The number of hydrogen-bond donors (Lipinski definition) is 0. The van der Waals surface area contributed by atoms with Crippen molar-refractivity contribution in [2.45, 2.75) is 32.7 Å². The predicted molar refractivity (Wildman–Crippen MR) is 127 cm³/mol. The molecule has 0 bridgehead atoms. The molecule has 0 N–H and O–H groups in total. The number of allylic oxidation sites excluding steroid dienone is 1. The van der Waals surface area contributed by atoms with E-state index in [0.717, 1.165) is 19.6 Å². The molecule has 7 nitrogen and oxygen atoms in total. The largest absolute Gasteiger partial charge is 0.466 e. The molecule has 1 amide bonds. The van der Waals surface area contributed by atoms with Crippen molar-refractivity contribution in [2.75, 3.05) is 39.8 Å². The van der Waals surface area contributed by atoms with E-state index in [-0.39, 0.29) is 12.3 Å². The van der Waals surface area contributed by atoms with Crippen molar-refractivity contribution in [1.82, 2.24) is 14.7 Å². The summed E-state index contributed by atoms with van der Waals surface area (Å²) in [4.78, 5) is 36.7. The number of ether oxygens (including phenoxy) is 1. The van der Waals surface area contributed by atoms with Gasteiger partial charge in [-0.2, -0.15) is 0 Å². The number of hydrogen-bond acceptors (Lipinski definition) is 7. The number of nitrogens with zero attached hydrogens (tertiary/aromatic N) is 4. The molecule has 3 heterocycles.